The number of carbonyl (C=O) groups is 2. The number of pyridine rings is 1. The maximum atomic E-state index is 11.8. The molecule has 32 heavy (non-hydrogen) atoms. The van der Waals surface area contributed by atoms with Gasteiger partial charge in [-0.15, -0.1) is 0 Å². The molecule has 2 N–H and O–H groups in total. The van der Waals surface area contributed by atoms with Gasteiger partial charge in [0, 0.05) is 63.1 Å². The largest absolute Gasteiger partial charge is 0.465 e. The summed E-state index contributed by atoms with van der Waals surface area (Å²) in [5.41, 5.74) is 4.02. The first-order chi connectivity index (χ1) is 15.3. The molecule has 170 valence electrons. The molecule has 0 radical (unpaired) electrons. The van der Waals surface area contributed by atoms with Crippen molar-refractivity contribution in [2.45, 2.75) is 32.5 Å². The van der Waals surface area contributed by atoms with Gasteiger partial charge in [0.25, 0.3) is 0 Å². The summed E-state index contributed by atoms with van der Waals surface area (Å²) in [6.45, 7) is 7.03. The van der Waals surface area contributed by atoms with E-state index in [1.54, 1.807) is 13.2 Å². The highest BCUT2D eigenvalue weighted by Crippen LogP contribution is 2.29. The molecule has 1 fully saturated rings. The van der Waals surface area contributed by atoms with E-state index in [0.717, 1.165) is 29.9 Å². The Morgan fingerprint density at radius 1 is 1.12 bits per heavy atom. The third-order valence-corrected chi connectivity index (χ3v) is 6.36. The second kappa shape index (κ2) is 9.04. The number of cyclic esters (lactones) is 1. The Kier molecular flexibility index (Phi) is 6.18. The molecule has 1 saturated heterocycles. The highest BCUT2D eigenvalue weighted by molar-refractivity contribution is 5.90. The third-order valence-electron chi connectivity index (χ3n) is 6.36. The molecule has 0 bridgehead atoms. The van der Waals surface area contributed by atoms with Crippen LogP contribution in [0.5, 0.6) is 0 Å². The van der Waals surface area contributed by atoms with Crippen LogP contribution in [0, 0.1) is 0 Å². The standard InChI is InChI=1S/C23H29N5O4/c1-15(25-21-12-20-19(13-24-21)14-32-23(31)26(20)3)17-4-6-18(7-5-17)16(2)27-8-10-28(11-9-27)22(29)30/h4-7,12-13,15-16H,8-11,14H2,1-3H3,(H,24,25)(H,29,30)/t15-,16?/m0/s1. The summed E-state index contributed by atoms with van der Waals surface area (Å²) < 4.78 is 5.09. The van der Waals surface area contributed by atoms with E-state index in [-0.39, 0.29) is 24.8 Å². The van der Waals surface area contributed by atoms with Crippen LogP contribution >= 0.6 is 0 Å². The van der Waals surface area contributed by atoms with Gasteiger partial charge in [-0.2, -0.15) is 0 Å². The van der Waals surface area contributed by atoms with Crippen LogP contribution in [-0.4, -0.2) is 65.3 Å². The van der Waals surface area contributed by atoms with E-state index in [1.807, 2.05) is 6.07 Å². The van der Waals surface area contributed by atoms with Gasteiger partial charge in [0.2, 0.25) is 0 Å². The minimum atomic E-state index is -0.844. The van der Waals surface area contributed by atoms with Gasteiger partial charge in [-0.1, -0.05) is 24.3 Å². The van der Waals surface area contributed by atoms with Gasteiger partial charge in [0.15, 0.2) is 0 Å². The highest BCUT2D eigenvalue weighted by Gasteiger charge is 2.25. The number of anilines is 2. The van der Waals surface area contributed by atoms with Gasteiger partial charge in [-0.25, -0.2) is 14.6 Å². The molecule has 2 aliphatic heterocycles. The lowest BCUT2D eigenvalue weighted by Gasteiger charge is -2.37. The minimum Gasteiger partial charge on any atom is -0.465 e. The van der Waals surface area contributed by atoms with E-state index in [4.69, 9.17) is 9.84 Å². The fourth-order valence-corrected chi connectivity index (χ4v) is 4.19. The van der Waals surface area contributed by atoms with Gasteiger partial charge in [-0.3, -0.25) is 9.80 Å². The predicted octanol–water partition coefficient (Wildman–Crippen LogP) is 3.70. The topological polar surface area (TPSA) is 98.2 Å². The van der Waals surface area contributed by atoms with Crippen molar-refractivity contribution >= 4 is 23.7 Å². The summed E-state index contributed by atoms with van der Waals surface area (Å²) in [5, 5.41) is 12.5. The number of benzene rings is 1. The number of hydrogen-bond donors (Lipinski definition) is 2. The van der Waals surface area contributed by atoms with Crippen LogP contribution in [0.2, 0.25) is 0 Å². The number of nitrogens with zero attached hydrogens (tertiary/aromatic N) is 4. The summed E-state index contributed by atoms with van der Waals surface area (Å²) in [6, 6.07) is 10.6. The second-order valence-electron chi connectivity index (χ2n) is 8.33. The van der Waals surface area contributed by atoms with E-state index in [2.05, 4.69) is 53.3 Å². The average molecular weight is 440 g/mol. The first kappa shape index (κ1) is 21.9. The molecule has 0 saturated carbocycles. The normalized spacial score (nSPS) is 18.5. The van der Waals surface area contributed by atoms with Crippen molar-refractivity contribution in [3.63, 3.8) is 0 Å². The van der Waals surface area contributed by atoms with Crippen molar-refractivity contribution in [2.24, 2.45) is 0 Å². The zero-order chi connectivity index (χ0) is 22.8. The monoisotopic (exact) mass is 439 g/mol. The Labute approximate surface area is 187 Å². The highest BCUT2D eigenvalue weighted by atomic mass is 16.6. The maximum absolute atomic E-state index is 11.8. The number of fused-ring (bicyclic) bond motifs is 1. The predicted molar refractivity (Wildman–Crippen MR) is 121 cm³/mol. The van der Waals surface area contributed by atoms with Gasteiger partial charge >= 0.3 is 12.2 Å². The zero-order valence-corrected chi connectivity index (χ0v) is 18.6. The first-order valence-corrected chi connectivity index (χ1v) is 10.8. The molecule has 4 rings (SSSR count). The molecular formula is C23H29N5O4. The molecule has 9 nitrogen and oxygen atoms in total. The number of ether oxygens (including phenoxy) is 1. The summed E-state index contributed by atoms with van der Waals surface area (Å²) >= 11 is 0. The maximum Gasteiger partial charge on any atom is 0.414 e. The molecule has 0 aliphatic carbocycles. The summed E-state index contributed by atoms with van der Waals surface area (Å²) in [7, 11) is 1.69. The third kappa shape index (κ3) is 4.47. The fraction of sp³-hybridized carbons (Fsp3) is 0.435. The Bertz CT molecular complexity index is 988. The lowest BCUT2D eigenvalue weighted by atomic mass is 10.0. The SMILES string of the molecule is CC(c1ccc([C@H](C)Nc2cc3c(cn2)COC(=O)N3C)cc1)N1CCN(C(=O)O)CC1. The summed E-state index contributed by atoms with van der Waals surface area (Å²) in [5.74, 6) is 0.701. The molecule has 2 aliphatic rings. The van der Waals surface area contributed by atoms with Crippen molar-refractivity contribution in [1.29, 1.82) is 0 Å². The van der Waals surface area contributed by atoms with E-state index in [9.17, 15) is 9.59 Å². The minimum absolute atomic E-state index is 0.0323. The number of nitrogens with one attached hydrogen (secondary N) is 1. The second-order valence-corrected chi connectivity index (χ2v) is 8.33. The molecule has 2 atom stereocenters. The molecule has 1 aromatic carbocycles. The lowest BCUT2D eigenvalue weighted by Crippen LogP contribution is -2.48. The van der Waals surface area contributed by atoms with Gasteiger partial charge < -0.3 is 20.1 Å². The molecule has 1 aromatic heterocycles. The Morgan fingerprint density at radius 3 is 2.44 bits per heavy atom. The molecule has 2 aromatic rings. The van der Waals surface area contributed by atoms with Crippen LogP contribution in [0.1, 0.15) is 42.6 Å². The Morgan fingerprint density at radius 2 is 1.78 bits per heavy atom. The van der Waals surface area contributed by atoms with Crippen LogP contribution in [0.4, 0.5) is 21.1 Å². The van der Waals surface area contributed by atoms with Crippen LogP contribution < -0.4 is 10.2 Å². The molecule has 9 heteroatoms. The average Bonchev–Trinajstić information content (AvgIpc) is 2.81. The number of rotatable bonds is 5. The smallest absolute Gasteiger partial charge is 0.414 e. The summed E-state index contributed by atoms with van der Waals surface area (Å²) in [4.78, 5) is 32.6. The number of hydrogen-bond acceptors (Lipinski definition) is 6. The van der Waals surface area contributed by atoms with Crippen molar-refractivity contribution in [3.8, 4) is 0 Å². The molecule has 3 heterocycles. The van der Waals surface area contributed by atoms with Gasteiger partial charge in [-0.05, 0) is 25.0 Å². The van der Waals surface area contributed by atoms with Crippen LogP contribution in [-0.2, 0) is 11.3 Å². The van der Waals surface area contributed by atoms with E-state index in [0.29, 0.717) is 18.9 Å². The molecule has 0 spiro atoms. The fourth-order valence-electron chi connectivity index (χ4n) is 4.19. The van der Waals surface area contributed by atoms with E-state index >= 15 is 0 Å². The van der Waals surface area contributed by atoms with Crippen LogP contribution in [0.3, 0.4) is 0 Å². The summed E-state index contributed by atoms with van der Waals surface area (Å²) in [6.07, 6.45) is 0.530. The number of carboxylic acid groups (broad SMARTS) is 1. The van der Waals surface area contributed by atoms with Crippen molar-refractivity contribution < 1.29 is 19.4 Å². The molecule has 1 unspecified atom stereocenters. The van der Waals surface area contributed by atoms with Crippen LogP contribution in [0.15, 0.2) is 36.5 Å². The van der Waals surface area contributed by atoms with Crippen molar-refractivity contribution in [3.05, 3.63) is 53.2 Å². The van der Waals surface area contributed by atoms with Gasteiger partial charge in [0.05, 0.1) is 5.69 Å². The Balaban J connectivity index is 1.39. The quantitative estimate of drug-likeness (QED) is 0.733. The van der Waals surface area contributed by atoms with Gasteiger partial charge in [0.1, 0.15) is 12.4 Å². The first-order valence-electron chi connectivity index (χ1n) is 10.8. The number of aromatic nitrogens is 1. The molecule has 2 amide bonds. The zero-order valence-electron chi connectivity index (χ0n) is 18.6. The van der Waals surface area contributed by atoms with E-state index < -0.39 is 6.09 Å². The Hall–Kier alpha value is -3.33. The molecular weight excluding hydrogens is 410 g/mol. The number of amides is 2. The van der Waals surface area contributed by atoms with Crippen molar-refractivity contribution in [2.75, 3.05) is 43.4 Å². The number of carbonyl (C=O) groups excluding carboxylic acids is 1. The number of piperazine rings is 1. The van der Waals surface area contributed by atoms with Crippen LogP contribution in [0.25, 0.3) is 0 Å². The lowest BCUT2D eigenvalue weighted by molar-refractivity contribution is 0.0889. The van der Waals surface area contributed by atoms with E-state index in [1.165, 1.54) is 15.4 Å². The van der Waals surface area contributed by atoms with Crippen molar-refractivity contribution in [1.82, 2.24) is 14.8 Å².